The highest BCUT2D eigenvalue weighted by Gasteiger charge is 2.57. The number of anilines is 1. The first-order valence-corrected chi connectivity index (χ1v) is 8.46. The van der Waals surface area contributed by atoms with Crippen molar-refractivity contribution in [3.05, 3.63) is 23.4 Å². The van der Waals surface area contributed by atoms with Gasteiger partial charge < -0.3 is 21.1 Å². The van der Waals surface area contributed by atoms with Crippen molar-refractivity contribution in [2.75, 3.05) is 25.5 Å². The number of piperidine rings is 1. The van der Waals surface area contributed by atoms with Crippen LogP contribution in [-0.2, 0) is 9.53 Å². The summed E-state index contributed by atoms with van der Waals surface area (Å²) in [6.07, 6.45) is 1.05. The zero-order valence-electron chi connectivity index (χ0n) is 14.5. The van der Waals surface area contributed by atoms with E-state index in [1.165, 1.54) is 13.2 Å². The zero-order chi connectivity index (χ0) is 18.9. The number of carbonyl (C=O) groups is 2. The molecule has 7 nitrogen and oxygen atoms in total. The molecule has 1 saturated carbocycles. The number of esters is 1. The van der Waals surface area contributed by atoms with Crippen LogP contribution in [0.5, 0.6) is 0 Å². The van der Waals surface area contributed by atoms with Gasteiger partial charge in [-0.1, -0.05) is 6.07 Å². The lowest BCUT2D eigenvalue weighted by Gasteiger charge is -2.52. The molecule has 1 spiro atoms. The third-order valence-electron chi connectivity index (χ3n) is 5.08. The molecule has 1 aromatic rings. The van der Waals surface area contributed by atoms with Crippen molar-refractivity contribution in [2.45, 2.75) is 37.6 Å². The molecule has 0 radical (unpaired) electrons. The molecule has 1 saturated heterocycles. The van der Waals surface area contributed by atoms with Crippen molar-refractivity contribution >= 4 is 17.7 Å². The summed E-state index contributed by atoms with van der Waals surface area (Å²) >= 11 is 0. The molecule has 1 aliphatic carbocycles. The standard InChI is InChI=1S/C17H22F2N4O3/c1-26-15(25)11-3-2-10(14(23-11)22-7-13(20)24)12-6-16(4-5-21-12)8-17(18,19)9-16/h2-3,12,21H,4-9H2,1H3,(H2,20,24)(H,22,23). The van der Waals surface area contributed by atoms with Gasteiger partial charge in [0, 0.05) is 24.4 Å². The monoisotopic (exact) mass is 368 g/mol. The fourth-order valence-corrected chi connectivity index (χ4v) is 3.99. The molecule has 26 heavy (non-hydrogen) atoms. The van der Waals surface area contributed by atoms with Crippen LogP contribution < -0.4 is 16.4 Å². The van der Waals surface area contributed by atoms with E-state index in [1.54, 1.807) is 6.07 Å². The van der Waals surface area contributed by atoms with Gasteiger partial charge >= 0.3 is 5.97 Å². The van der Waals surface area contributed by atoms with Crippen molar-refractivity contribution in [1.29, 1.82) is 0 Å². The van der Waals surface area contributed by atoms with Crippen molar-refractivity contribution in [3.63, 3.8) is 0 Å². The van der Waals surface area contributed by atoms with Gasteiger partial charge in [0.15, 0.2) is 5.69 Å². The lowest BCUT2D eigenvalue weighted by molar-refractivity contribution is -0.174. The lowest BCUT2D eigenvalue weighted by atomic mass is 9.59. The Morgan fingerprint density at radius 2 is 2.15 bits per heavy atom. The molecule has 0 bridgehead atoms. The highest BCUT2D eigenvalue weighted by Crippen LogP contribution is 2.59. The van der Waals surface area contributed by atoms with Gasteiger partial charge in [0.05, 0.1) is 13.7 Å². The number of rotatable bonds is 5. The van der Waals surface area contributed by atoms with Gasteiger partial charge in [0.25, 0.3) is 0 Å². The average molecular weight is 368 g/mol. The fraction of sp³-hybridized carbons (Fsp3) is 0.588. The Morgan fingerprint density at radius 3 is 2.77 bits per heavy atom. The second-order valence-corrected chi connectivity index (χ2v) is 7.12. The predicted molar refractivity (Wildman–Crippen MR) is 89.9 cm³/mol. The Labute approximate surface area is 149 Å². The molecule has 1 aliphatic heterocycles. The van der Waals surface area contributed by atoms with Crippen LogP contribution in [-0.4, -0.2) is 43.0 Å². The van der Waals surface area contributed by atoms with Gasteiger partial charge in [-0.15, -0.1) is 0 Å². The molecule has 1 atom stereocenters. The van der Waals surface area contributed by atoms with E-state index in [0.29, 0.717) is 30.8 Å². The van der Waals surface area contributed by atoms with E-state index in [2.05, 4.69) is 20.4 Å². The van der Waals surface area contributed by atoms with E-state index < -0.39 is 17.8 Å². The minimum absolute atomic E-state index is 0.0870. The Morgan fingerprint density at radius 1 is 1.42 bits per heavy atom. The molecule has 2 heterocycles. The Balaban J connectivity index is 1.85. The van der Waals surface area contributed by atoms with E-state index in [-0.39, 0.29) is 36.5 Å². The molecular weight excluding hydrogens is 346 g/mol. The molecule has 0 aromatic carbocycles. The van der Waals surface area contributed by atoms with Gasteiger partial charge in [0.1, 0.15) is 5.82 Å². The summed E-state index contributed by atoms with van der Waals surface area (Å²) in [7, 11) is 1.25. The number of nitrogens with zero attached hydrogens (tertiary/aromatic N) is 1. The number of ether oxygens (including phenoxy) is 1. The van der Waals surface area contributed by atoms with E-state index in [4.69, 9.17) is 5.73 Å². The van der Waals surface area contributed by atoms with E-state index >= 15 is 0 Å². The molecule has 2 aliphatic rings. The number of halogens is 2. The number of methoxy groups -OCH3 is 1. The van der Waals surface area contributed by atoms with Gasteiger partial charge in [-0.05, 0) is 30.9 Å². The number of amides is 1. The van der Waals surface area contributed by atoms with Gasteiger partial charge in [-0.25, -0.2) is 18.6 Å². The normalized spacial score (nSPS) is 23.1. The minimum Gasteiger partial charge on any atom is -0.464 e. The third-order valence-corrected chi connectivity index (χ3v) is 5.08. The number of carbonyl (C=O) groups excluding carboxylic acids is 2. The van der Waals surface area contributed by atoms with Crippen molar-refractivity contribution in [2.24, 2.45) is 11.1 Å². The number of nitrogens with one attached hydrogen (secondary N) is 2. The lowest BCUT2D eigenvalue weighted by Crippen LogP contribution is -2.52. The van der Waals surface area contributed by atoms with E-state index in [1.807, 2.05) is 0 Å². The third kappa shape index (κ3) is 3.77. The molecule has 142 valence electrons. The van der Waals surface area contributed by atoms with Crippen molar-refractivity contribution in [1.82, 2.24) is 10.3 Å². The molecule has 4 N–H and O–H groups in total. The topological polar surface area (TPSA) is 106 Å². The van der Waals surface area contributed by atoms with Gasteiger partial charge in [0.2, 0.25) is 11.8 Å². The van der Waals surface area contributed by atoms with E-state index in [0.717, 1.165) is 0 Å². The van der Waals surface area contributed by atoms with Crippen LogP contribution in [0.1, 0.15) is 47.8 Å². The maximum atomic E-state index is 13.4. The molecule has 3 rings (SSSR count). The predicted octanol–water partition coefficient (Wildman–Crippen LogP) is 1.61. The SMILES string of the molecule is COC(=O)c1ccc(C2CC3(CCN2)CC(F)(F)C3)c(NCC(N)=O)n1. The van der Waals surface area contributed by atoms with Crippen LogP contribution >= 0.6 is 0 Å². The van der Waals surface area contributed by atoms with E-state index in [9.17, 15) is 18.4 Å². The largest absolute Gasteiger partial charge is 0.464 e. The Kier molecular flexibility index (Phi) is 4.83. The molecule has 1 unspecified atom stereocenters. The number of aromatic nitrogens is 1. The first kappa shape index (κ1) is 18.5. The first-order valence-electron chi connectivity index (χ1n) is 8.46. The number of pyridine rings is 1. The summed E-state index contributed by atoms with van der Waals surface area (Å²) in [4.78, 5) is 27.1. The average Bonchev–Trinajstić information content (AvgIpc) is 2.57. The van der Waals surface area contributed by atoms with Crippen LogP contribution in [0.15, 0.2) is 12.1 Å². The first-order chi connectivity index (χ1) is 12.2. The maximum Gasteiger partial charge on any atom is 0.356 e. The van der Waals surface area contributed by atoms with Crippen LogP contribution in [0, 0.1) is 5.41 Å². The summed E-state index contributed by atoms with van der Waals surface area (Å²) in [5.74, 6) is -3.44. The summed E-state index contributed by atoms with van der Waals surface area (Å²) in [5.41, 5.74) is 5.61. The number of hydrogen-bond acceptors (Lipinski definition) is 6. The molecule has 1 amide bonds. The highest BCUT2D eigenvalue weighted by molar-refractivity contribution is 5.88. The van der Waals surface area contributed by atoms with Gasteiger partial charge in [-0.2, -0.15) is 0 Å². The van der Waals surface area contributed by atoms with Crippen molar-refractivity contribution < 1.29 is 23.1 Å². The number of nitrogens with two attached hydrogens (primary N) is 1. The van der Waals surface area contributed by atoms with Crippen LogP contribution in [0.4, 0.5) is 14.6 Å². The number of alkyl halides is 2. The molecule has 1 aromatic heterocycles. The summed E-state index contributed by atoms with van der Waals surface area (Å²) in [5, 5.41) is 6.15. The van der Waals surface area contributed by atoms with Gasteiger partial charge in [-0.3, -0.25) is 4.79 Å². The summed E-state index contributed by atoms with van der Waals surface area (Å²) < 4.78 is 31.5. The highest BCUT2D eigenvalue weighted by atomic mass is 19.3. The molecular formula is C17H22F2N4O3. The number of primary amides is 1. The number of hydrogen-bond donors (Lipinski definition) is 3. The van der Waals surface area contributed by atoms with Crippen molar-refractivity contribution in [3.8, 4) is 0 Å². The van der Waals surface area contributed by atoms with Crippen LogP contribution in [0.2, 0.25) is 0 Å². The Bertz CT molecular complexity index is 718. The second-order valence-electron chi connectivity index (χ2n) is 7.12. The Hall–Kier alpha value is -2.29. The zero-order valence-corrected chi connectivity index (χ0v) is 14.5. The summed E-state index contributed by atoms with van der Waals surface area (Å²) in [6, 6.07) is 3.03. The van der Waals surface area contributed by atoms with Crippen LogP contribution in [0.25, 0.3) is 0 Å². The molecule has 2 fully saturated rings. The summed E-state index contributed by atoms with van der Waals surface area (Å²) in [6.45, 7) is 0.468. The quantitative estimate of drug-likeness (QED) is 0.682. The maximum absolute atomic E-state index is 13.4. The second kappa shape index (κ2) is 6.79. The molecule has 9 heteroatoms. The smallest absolute Gasteiger partial charge is 0.356 e. The van der Waals surface area contributed by atoms with Crippen LogP contribution in [0.3, 0.4) is 0 Å². The fourth-order valence-electron chi connectivity index (χ4n) is 3.99. The minimum atomic E-state index is -2.58.